The van der Waals surface area contributed by atoms with Crippen molar-refractivity contribution in [1.29, 1.82) is 0 Å². The SMILES string of the molecule is C=C1c2ccccc2C(=O)N1CC(=O)OCC(=O)Nc1ccc(OC)cc1. The van der Waals surface area contributed by atoms with Gasteiger partial charge in [-0.15, -0.1) is 0 Å². The van der Waals surface area contributed by atoms with Crippen molar-refractivity contribution in [2.75, 3.05) is 25.6 Å². The summed E-state index contributed by atoms with van der Waals surface area (Å²) in [5.41, 5.74) is 2.17. The summed E-state index contributed by atoms with van der Waals surface area (Å²) in [5, 5.41) is 2.60. The Hall–Kier alpha value is -3.61. The lowest BCUT2D eigenvalue weighted by atomic mass is 10.1. The molecule has 138 valence electrons. The molecule has 2 aromatic carbocycles. The van der Waals surface area contributed by atoms with Crippen LogP contribution >= 0.6 is 0 Å². The Morgan fingerprint density at radius 3 is 2.37 bits per heavy atom. The second-order valence-corrected chi connectivity index (χ2v) is 5.82. The van der Waals surface area contributed by atoms with E-state index in [1.807, 2.05) is 0 Å². The van der Waals surface area contributed by atoms with Gasteiger partial charge in [-0.2, -0.15) is 0 Å². The summed E-state index contributed by atoms with van der Waals surface area (Å²) in [5.74, 6) is -0.822. The van der Waals surface area contributed by atoms with E-state index < -0.39 is 18.5 Å². The standard InChI is InChI=1S/C20H18N2O5/c1-13-16-5-3-4-6-17(16)20(25)22(13)11-19(24)27-12-18(23)21-14-7-9-15(26-2)10-8-14/h3-10H,1,11-12H2,2H3,(H,21,23). The van der Waals surface area contributed by atoms with E-state index in [4.69, 9.17) is 9.47 Å². The van der Waals surface area contributed by atoms with Crippen LogP contribution in [0.5, 0.6) is 5.75 Å². The molecule has 1 aliphatic heterocycles. The third-order valence-corrected chi connectivity index (χ3v) is 4.06. The molecule has 1 aliphatic rings. The number of anilines is 1. The van der Waals surface area contributed by atoms with Crippen LogP contribution in [0, 0.1) is 0 Å². The number of ether oxygens (including phenoxy) is 2. The number of hydrogen-bond acceptors (Lipinski definition) is 5. The first-order chi connectivity index (χ1) is 13.0. The Morgan fingerprint density at radius 2 is 1.74 bits per heavy atom. The van der Waals surface area contributed by atoms with Crippen molar-refractivity contribution in [3.05, 3.63) is 66.2 Å². The molecule has 0 atom stereocenters. The predicted octanol–water partition coefficient (Wildman–Crippen LogP) is 2.30. The minimum absolute atomic E-state index is 0.303. The molecule has 0 aliphatic carbocycles. The highest BCUT2D eigenvalue weighted by molar-refractivity contribution is 6.10. The van der Waals surface area contributed by atoms with Gasteiger partial charge in [-0.1, -0.05) is 24.8 Å². The van der Waals surface area contributed by atoms with Crippen LogP contribution < -0.4 is 10.1 Å². The fraction of sp³-hybridized carbons (Fsp3) is 0.150. The monoisotopic (exact) mass is 366 g/mol. The van der Waals surface area contributed by atoms with Gasteiger partial charge in [0.05, 0.1) is 7.11 Å². The molecule has 2 amide bonds. The maximum Gasteiger partial charge on any atom is 0.326 e. The zero-order valence-corrected chi connectivity index (χ0v) is 14.7. The number of carbonyl (C=O) groups excluding carboxylic acids is 3. The number of fused-ring (bicyclic) bond motifs is 1. The number of methoxy groups -OCH3 is 1. The number of amides is 2. The molecular formula is C20H18N2O5. The molecule has 3 rings (SSSR count). The van der Waals surface area contributed by atoms with E-state index in [9.17, 15) is 14.4 Å². The van der Waals surface area contributed by atoms with Crippen LogP contribution in [0.3, 0.4) is 0 Å². The van der Waals surface area contributed by atoms with E-state index in [0.717, 1.165) is 0 Å². The number of nitrogens with zero attached hydrogens (tertiary/aromatic N) is 1. The zero-order chi connectivity index (χ0) is 19.4. The lowest BCUT2D eigenvalue weighted by Crippen LogP contribution is -2.32. The maximum absolute atomic E-state index is 12.3. The second-order valence-electron chi connectivity index (χ2n) is 5.82. The Labute approximate surface area is 156 Å². The minimum atomic E-state index is -0.692. The first-order valence-electron chi connectivity index (χ1n) is 8.19. The van der Waals surface area contributed by atoms with E-state index in [-0.39, 0.29) is 12.5 Å². The molecule has 0 saturated heterocycles. The topological polar surface area (TPSA) is 84.9 Å². The number of nitrogens with one attached hydrogen (secondary N) is 1. The maximum atomic E-state index is 12.3. The first kappa shape index (κ1) is 18.2. The molecule has 0 radical (unpaired) electrons. The number of carbonyl (C=O) groups is 3. The lowest BCUT2D eigenvalue weighted by molar-refractivity contribution is -0.147. The largest absolute Gasteiger partial charge is 0.497 e. The second kappa shape index (κ2) is 7.74. The van der Waals surface area contributed by atoms with Crippen molar-refractivity contribution in [3.8, 4) is 5.75 Å². The van der Waals surface area contributed by atoms with Crippen molar-refractivity contribution in [2.45, 2.75) is 0 Å². The normalized spacial score (nSPS) is 12.6. The smallest absolute Gasteiger partial charge is 0.326 e. The Balaban J connectivity index is 1.50. The van der Waals surface area contributed by atoms with Crippen molar-refractivity contribution in [2.24, 2.45) is 0 Å². The molecule has 7 heteroatoms. The van der Waals surface area contributed by atoms with Crippen LogP contribution in [-0.2, 0) is 14.3 Å². The zero-order valence-electron chi connectivity index (χ0n) is 14.7. The third-order valence-electron chi connectivity index (χ3n) is 4.06. The summed E-state index contributed by atoms with van der Waals surface area (Å²) in [6, 6.07) is 13.7. The third kappa shape index (κ3) is 3.98. The number of hydrogen-bond donors (Lipinski definition) is 1. The molecule has 1 heterocycles. The number of benzene rings is 2. The summed E-state index contributed by atoms with van der Waals surface area (Å²) in [6.45, 7) is 3.10. The van der Waals surface area contributed by atoms with E-state index in [1.165, 1.54) is 4.90 Å². The predicted molar refractivity (Wildman–Crippen MR) is 99.1 cm³/mol. The average Bonchev–Trinajstić information content (AvgIpc) is 2.92. The molecule has 0 fully saturated rings. The molecular weight excluding hydrogens is 348 g/mol. The Bertz CT molecular complexity index is 870. The quantitative estimate of drug-likeness (QED) is 0.793. The van der Waals surface area contributed by atoms with Crippen molar-refractivity contribution in [1.82, 2.24) is 4.90 Å². The molecule has 1 N–H and O–H groups in total. The van der Waals surface area contributed by atoms with Crippen LogP contribution in [0.15, 0.2) is 55.1 Å². The van der Waals surface area contributed by atoms with E-state index in [2.05, 4.69) is 11.9 Å². The van der Waals surface area contributed by atoms with Gasteiger partial charge in [0.15, 0.2) is 6.61 Å². The van der Waals surface area contributed by atoms with Crippen LogP contribution in [0.4, 0.5) is 5.69 Å². The van der Waals surface area contributed by atoms with Gasteiger partial charge in [0, 0.05) is 22.5 Å². The van der Waals surface area contributed by atoms with Crippen LogP contribution in [-0.4, -0.2) is 42.9 Å². The summed E-state index contributed by atoms with van der Waals surface area (Å²) >= 11 is 0. The summed E-state index contributed by atoms with van der Waals surface area (Å²) in [7, 11) is 1.55. The molecule has 2 aromatic rings. The van der Waals surface area contributed by atoms with Gasteiger partial charge in [-0.25, -0.2) is 0 Å². The van der Waals surface area contributed by atoms with Crippen LogP contribution in [0.25, 0.3) is 5.70 Å². The van der Waals surface area contributed by atoms with Gasteiger partial charge in [-0.3, -0.25) is 19.3 Å². The van der Waals surface area contributed by atoms with E-state index in [0.29, 0.717) is 28.3 Å². The molecule has 0 bridgehead atoms. The Morgan fingerprint density at radius 1 is 1.07 bits per heavy atom. The highest BCUT2D eigenvalue weighted by atomic mass is 16.5. The molecule has 27 heavy (non-hydrogen) atoms. The average molecular weight is 366 g/mol. The first-order valence-corrected chi connectivity index (χ1v) is 8.19. The van der Waals surface area contributed by atoms with Crippen molar-refractivity contribution in [3.63, 3.8) is 0 Å². The molecule has 0 aromatic heterocycles. The van der Waals surface area contributed by atoms with Crippen molar-refractivity contribution < 1.29 is 23.9 Å². The van der Waals surface area contributed by atoms with Crippen LogP contribution in [0.2, 0.25) is 0 Å². The molecule has 7 nitrogen and oxygen atoms in total. The molecule has 0 spiro atoms. The van der Waals surface area contributed by atoms with E-state index in [1.54, 1.807) is 55.6 Å². The van der Waals surface area contributed by atoms with Crippen LogP contribution in [0.1, 0.15) is 15.9 Å². The highest BCUT2D eigenvalue weighted by Crippen LogP contribution is 2.30. The molecule has 0 saturated carbocycles. The fourth-order valence-corrected chi connectivity index (χ4v) is 2.69. The Kier molecular flexibility index (Phi) is 5.21. The van der Waals surface area contributed by atoms with Crippen molar-refractivity contribution >= 4 is 29.2 Å². The summed E-state index contributed by atoms with van der Waals surface area (Å²) in [6.07, 6.45) is 0. The van der Waals surface area contributed by atoms with Gasteiger partial charge in [0.2, 0.25) is 0 Å². The van der Waals surface area contributed by atoms with E-state index >= 15 is 0 Å². The van der Waals surface area contributed by atoms with Gasteiger partial charge >= 0.3 is 5.97 Å². The van der Waals surface area contributed by atoms with Gasteiger partial charge in [-0.05, 0) is 30.3 Å². The summed E-state index contributed by atoms with van der Waals surface area (Å²) < 4.78 is 10.0. The minimum Gasteiger partial charge on any atom is -0.497 e. The van der Waals surface area contributed by atoms with Gasteiger partial charge in [0.25, 0.3) is 11.8 Å². The summed E-state index contributed by atoms with van der Waals surface area (Å²) in [4.78, 5) is 37.5. The number of esters is 1. The molecule has 0 unspecified atom stereocenters. The fourth-order valence-electron chi connectivity index (χ4n) is 2.69. The lowest BCUT2D eigenvalue weighted by Gasteiger charge is -2.16. The van der Waals surface area contributed by atoms with Gasteiger partial charge in [0.1, 0.15) is 12.3 Å². The van der Waals surface area contributed by atoms with Gasteiger partial charge < -0.3 is 14.8 Å². The highest BCUT2D eigenvalue weighted by Gasteiger charge is 2.32. The number of rotatable bonds is 6.